The van der Waals surface area contributed by atoms with Crippen LogP contribution >= 0.6 is 0 Å². The molecule has 0 spiro atoms. The molecule has 132 valence electrons. The van der Waals surface area contributed by atoms with E-state index in [0.29, 0.717) is 43.2 Å². The van der Waals surface area contributed by atoms with Gasteiger partial charge in [-0.15, -0.1) is 0 Å². The number of benzene rings is 1. The molecule has 0 bridgehead atoms. The molecule has 1 unspecified atom stereocenters. The SMILES string of the molecule is CC1Oc2ccc(C(=O)N3CCN(C(=O)C4CC4)CC3)cc2NC1=O. The summed E-state index contributed by atoms with van der Waals surface area (Å²) >= 11 is 0. The van der Waals surface area contributed by atoms with Gasteiger partial charge in [0.05, 0.1) is 5.69 Å². The number of ether oxygens (including phenoxy) is 1. The molecular formula is C18H21N3O4. The van der Waals surface area contributed by atoms with Crippen LogP contribution < -0.4 is 10.1 Å². The zero-order valence-electron chi connectivity index (χ0n) is 14.2. The summed E-state index contributed by atoms with van der Waals surface area (Å²) in [5, 5.41) is 2.76. The molecule has 1 aromatic carbocycles. The Morgan fingerprint density at radius 2 is 1.80 bits per heavy atom. The molecule has 1 aromatic rings. The highest BCUT2D eigenvalue weighted by molar-refractivity contribution is 6.01. The maximum Gasteiger partial charge on any atom is 0.265 e. The summed E-state index contributed by atoms with van der Waals surface area (Å²) in [6.45, 7) is 3.93. The summed E-state index contributed by atoms with van der Waals surface area (Å²) in [7, 11) is 0. The average Bonchev–Trinajstić information content (AvgIpc) is 3.46. The van der Waals surface area contributed by atoms with Gasteiger partial charge in [0.2, 0.25) is 5.91 Å². The van der Waals surface area contributed by atoms with Gasteiger partial charge in [0.1, 0.15) is 5.75 Å². The van der Waals surface area contributed by atoms with Crippen LogP contribution in [0.25, 0.3) is 0 Å². The zero-order valence-corrected chi connectivity index (χ0v) is 14.2. The van der Waals surface area contributed by atoms with E-state index in [0.717, 1.165) is 12.8 Å². The second kappa shape index (κ2) is 6.06. The molecule has 0 radical (unpaired) electrons. The van der Waals surface area contributed by atoms with E-state index in [1.807, 2.05) is 4.90 Å². The normalized spacial score (nSPS) is 22.8. The first-order chi connectivity index (χ1) is 12.0. The van der Waals surface area contributed by atoms with Gasteiger partial charge in [-0.05, 0) is 38.0 Å². The minimum Gasteiger partial charge on any atom is -0.479 e. The van der Waals surface area contributed by atoms with Gasteiger partial charge in [-0.2, -0.15) is 0 Å². The number of rotatable bonds is 2. The first-order valence-corrected chi connectivity index (χ1v) is 8.72. The van der Waals surface area contributed by atoms with Crippen molar-refractivity contribution < 1.29 is 19.1 Å². The van der Waals surface area contributed by atoms with Crippen LogP contribution in [0.3, 0.4) is 0 Å². The molecule has 0 aromatic heterocycles. The molecule has 3 aliphatic rings. The maximum absolute atomic E-state index is 12.7. The molecule has 2 aliphatic heterocycles. The van der Waals surface area contributed by atoms with Crippen molar-refractivity contribution in [2.75, 3.05) is 31.5 Å². The largest absolute Gasteiger partial charge is 0.479 e. The minimum atomic E-state index is -0.536. The fourth-order valence-corrected chi connectivity index (χ4v) is 3.24. The van der Waals surface area contributed by atoms with E-state index in [1.54, 1.807) is 30.0 Å². The van der Waals surface area contributed by atoms with E-state index < -0.39 is 6.10 Å². The number of carbonyl (C=O) groups is 3. The summed E-state index contributed by atoms with van der Waals surface area (Å²) in [6, 6.07) is 5.08. The maximum atomic E-state index is 12.7. The van der Waals surface area contributed by atoms with E-state index >= 15 is 0 Å². The van der Waals surface area contributed by atoms with Gasteiger partial charge in [0.15, 0.2) is 6.10 Å². The average molecular weight is 343 g/mol. The standard InChI is InChI=1S/C18H21N3O4/c1-11-16(22)19-14-10-13(4-5-15(14)25-11)18(24)21-8-6-20(7-9-21)17(23)12-2-3-12/h4-5,10-12H,2-3,6-9H2,1H3,(H,19,22). The highest BCUT2D eigenvalue weighted by Crippen LogP contribution is 2.32. The minimum absolute atomic E-state index is 0.0887. The number of amides is 3. The molecule has 1 atom stereocenters. The Labute approximate surface area is 145 Å². The molecule has 2 fully saturated rings. The first-order valence-electron chi connectivity index (χ1n) is 8.72. The summed E-state index contributed by atoms with van der Waals surface area (Å²) in [4.78, 5) is 40.2. The van der Waals surface area contributed by atoms with Gasteiger partial charge < -0.3 is 19.9 Å². The number of anilines is 1. The number of piperazine rings is 1. The summed E-state index contributed by atoms with van der Waals surface area (Å²) in [5.74, 6) is 0.714. The Balaban J connectivity index is 1.42. The Hall–Kier alpha value is -2.57. The van der Waals surface area contributed by atoms with Crippen molar-refractivity contribution in [3.05, 3.63) is 23.8 Å². The van der Waals surface area contributed by atoms with Gasteiger partial charge in [-0.3, -0.25) is 14.4 Å². The lowest BCUT2D eigenvalue weighted by Gasteiger charge is -2.35. The van der Waals surface area contributed by atoms with Crippen molar-refractivity contribution in [3.63, 3.8) is 0 Å². The van der Waals surface area contributed by atoms with Crippen LogP contribution in [0.4, 0.5) is 5.69 Å². The molecular weight excluding hydrogens is 322 g/mol. The zero-order chi connectivity index (χ0) is 17.6. The van der Waals surface area contributed by atoms with Crippen molar-refractivity contribution in [3.8, 4) is 5.75 Å². The van der Waals surface area contributed by atoms with E-state index in [1.165, 1.54) is 0 Å². The van der Waals surface area contributed by atoms with Gasteiger partial charge in [0, 0.05) is 37.7 Å². The van der Waals surface area contributed by atoms with Crippen LogP contribution in [-0.4, -0.2) is 59.8 Å². The predicted octanol–water partition coefficient (Wildman–Crippen LogP) is 1.10. The highest BCUT2D eigenvalue weighted by atomic mass is 16.5. The molecule has 3 amide bonds. The third-order valence-corrected chi connectivity index (χ3v) is 4.96. The van der Waals surface area contributed by atoms with Crippen LogP contribution in [0.1, 0.15) is 30.1 Å². The molecule has 4 rings (SSSR count). The Morgan fingerprint density at radius 1 is 1.12 bits per heavy atom. The highest BCUT2D eigenvalue weighted by Gasteiger charge is 2.35. The molecule has 1 saturated heterocycles. The van der Waals surface area contributed by atoms with E-state index in [9.17, 15) is 14.4 Å². The van der Waals surface area contributed by atoms with Crippen LogP contribution in [0.15, 0.2) is 18.2 Å². The Morgan fingerprint density at radius 3 is 2.48 bits per heavy atom. The lowest BCUT2D eigenvalue weighted by Crippen LogP contribution is -2.51. The quantitative estimate of drug-likeness (QED) is 0.872. The number of hydrogen-bond acceptors (Lipinski definition) is 4. The van der Waals surface area contributed by atoms with Gasteiger partial charge >= 0.3 is 0 Å². The van der Waals surface area contributed by atoms with Crippen molar-refractivity contribution in [2.45, 2.75) is 25.9 Å². The fourth-order valence-electron chi connectivity index (χ4n) is 3.24. The van der Waals surface area contributed by atoms with E-state index in [4.69, 9.17) is 4.74 Å². The summed E-state index contributed by atoms with van der Waals surface area (Å²) in [5.41, 5.74) is 1.04. The molecule has 7 heteroatoms. The number of hydrogen-bond donors (Lipinski definition) is 1. The van der Waals surface area contributed by atoms with Crippen LogP contribution in [0.5, 0.6) is 5.75 Å². The van der Waals surface area contributed by atoms with E-state index in [2.05, 4.69) is 5.32 Å². The Kier molecular flexibility index (Phi) is 3.86. The second-order valence-corrected chi connectivity index (χ2v) is 6.85. The van der Waals surface area contributed by atoms with Gasteiger partial charge in [0.25, 0.3) is 11.8 Å². The number of nitrogens with zero attached hydrogens (tertiary/aromatic N) is 2. The second-order valence-electron chi connectivity index (χ2n) is 6.85. The molecule has 1 N–H and O–H groups in total. The topological polar surface area (TPSA) is 79.0 Å². The van der Waals surface area contributed by atoms with Crippen LogP contribution in [0.2, 0.25) is 0 Å². The molecule has 25 heavy (non-hydrogen) atoms. The molecule has 1 saturated carbocycles. The van der Waals surface area contributed by atoms with Gasteiger partial charge in [-0.1, -0.05) is 0 Å². The number of carbonyl (C=O) groups excluding carboxylic acids is 3. The van der Waals surface area contributed by atoms with Crippen molar-refractivity contribution in [2.24, 2.45) is 5.92 Å². The Bertz CT molecular complexity index is 736. The molecule has 7 nitrogen and oxygen atoms in total. The summed E-state index contributed by atoms with van der Waals surface area (Å²) in [6.07, 6.45) is 1.46. The lowest BCUT2D eigenvalue weighted by atomic mass is 10.1. The lowest BCUT2D eigenvalue weighted by molar-refractivity contribution is -0.134. The fraction of sp³-hybridized carbons (Fsp3) is 0.500. The smallest absolute Gasteiger partial charge is 0.265 e. The third-order valence-electron chi connectivity index (χ3n) is 4.96. The summed E-state index contributed by atoms with van der Waals surface area (Å²) < 4.78 is 5.51. The molecule has 2 heterocycles. The predicted molar refractivity (Wildman–Crippen MR) is 90.4 cm³/mol. The first kappa shape index (κ1) is 15.9. The van der Waals surface area contributed by atoms with Gasteiger partial charge in [-0.25, -0.2) is 0 Å². The third kappa shape index (κ3) is 3.06. The number of fused-ring (bicyclic) bond motifs is 1. The van der Waals surface area contributed by atoms with Crippen molar-refractivity contribution in [1.82, 2.24) is 9.80 Å². The van der Waals surface area contributed by atoms with E-state index in [-0.39, 0.29) is 23.6 Å². The monoisotopic (exact) mass is 343 g/mol. The molecule has 1 aliphatic carbocycles. The van der Waals surface area contributed by atoms with Crippen molar-refractivity contribution >= 4 is 23.4 Å². The van der Waals surface area contributed by atoms with Crippen LogP contribution in [0, 0.1) is 5.92 Å². The number of nitrogens with one attached hydrogen (secondary N) is 1. The van der Waals surface area contributed by atoms with Crippen molar-refractivity contribution in [1.29, 1.82) is 0 Å². The van der Waals surface area contributed by atoms with Crippen LogP contribution in [-0.2, 0) is 9.59 Å².